The molecule has 0 saturated heterocycles. The number of hydrogen-bond donors (Lipinski definition) is 1. The number of hydrogen-bond acceptors (Lipinski definition) is 1. The highest BCUT2D eigenvalue weighted by atomic mass is 16.3. The largest absolute Gasteiger partial charge is 0.389 e. The molecule has 80 valence electrons. The summed E-state index contributed by atoms with van der Waals surface area (Å²) in [5, 5.41) is 10.8. The first-order chi connectivity index (χ1) is 7.13. The molecule has 0 amide bonds. The monoisotopic (exact) mass is 203 g/mol. The maximum atomic E-state index is 9.53. The van der Waals surface area contributed by atoms with Crippen LogP contribution in [-0.4, -0.2) is 9.67 Å². The van der Waals surface area contributed by atoms with Crippen molar-refractivity contribution in [3.05, 3.63) is 35.5 Å². The highest BCUT2D eigenvalue weighted by Crippen LogP contribution is 2.24. The first kappa shape index (κ1) is 10.2. The first-order valence-electron chi connectivity index (χ1n) is 5.41. The molecule has 2 aromatic rings. The lowest BCUT2D eigenvalue weighted by atomic mass is 10.1. The molecule has 0 saturated carbocycles. The second-order valence-electron chi connectivity index (χ2n) is 4.05. The zero-order valence-electron chi connectivity index (χ0n) is 9.49. The number of aliphatic hydroxyl groups is 1. The lowest BCUT2D eigenvalue weighted by Crippen LogP contribution is -1.93. The van der Waals surface area contributed by atoms with Gasteiger partial charge in [0.2, 0.25) is 0 Å². The molecule has 15 heavy (non-hydrogen) atoms. The van der Waals surface area contributed by atoms with Crippen LogP contribution in [0.2, 0.25) is 0 Å². The van der Waals surface area contributed by atoms with Crippen LogP contribution in [0.4, 0.5) is 0 Å². The Hall–Kier alpha value is -1.28. The summed E-state index contributed by atoms with van der Waals surface area (Å²) in [6.07, 6.45) is 1.77. The molecule has 0 aliphatic carbocycles. The zero-order valence-corrected chi connectivity index (χ0v) is 9.49. The van der Waals surface area contributed by atoms with Crippen LogP contribution >= 0.6 is 0 Å². The van der Waals surface area contributed by atoms with Gasteiger partial charge in [0, 0.05) is 23.6 Å². The highest BCUT2D eigenvalue weighted by Gasteiger charge is 2.07. The summed E-state index contributed by atoms with van der Waals surface area (Å²) in [7, 11) is 0. The van der Waals surface area contributed by atoms with Gasteiger partial charge in [-0.15, -0.1) is 0 Å². The van der Waals surface area contributed by atoms with E-state index in [-0.39, 0.29) is 0 Å². The second-order valence-corrected chi connectivity index (χ2v) is 4.05. The summed E-state index contributed by atoms with van der Waals surface area (Å²) in [6, 6.07) is 6.17. The van der Waals surface area contributed by atoms with Gasteiger partial charge in [0.1, 0.15) is 0 Å². The van der Waals surface area contributed by atoms with Crippen molar-refractivity contribution < 1.29 is 5.11 Å². The first-order valence-corrected chi connectivity index (χ1v) is 5.41. The SMILES string of the molecule is CCn1cc(C)c2cc(C(C)O)ccc21. The van der Waals surface area contributed by atoms with Crippen LogP contribution in [0.3, 0.4) is 0 Å². The van der Waals surface area contributed by atoms with Crippen molar-refractivity contribution in [3.63, 3.8) is 0 Å². The van der Waals surface area contributed by atoms with Gasteiger partial charge in [0.15, 0.2) is 0 Å². The number of fused-ring (bicyclic) bond motifs is 1. The summed E-state index contributed by atoms with van der Waals surface area (Å²) in [5.74, 6) is 0. The summed E-state index contributed by atoms with van der Waals surface area (Å²) >= 11 is 0. The van der Waals surface area contributed by atoms with Gasteiger partial charge in [0.25, 0.3) is 0 Å². The molecule has 0 fully saturated rings. The molecule has 1 unspecified atom stereocenters. The molecule has 0 aliphatic heterocycles. The molecule has 1 heterocycles. The minimum absolute atomic E-state index is 0.390. The molecule has 0 spiro atoms. The fraction of sp³-hybridized carbons (Fsp3) is 0.385. The van der Waals surface area contributed by atoms with E-state index in [1.165, 1.54) is 16.5 Å². The van der Waals surface area contributed by atoms with E-state index in [2.05, 4.69) is 36.7 Å². The van der Waals surface area contributed by atoms with E-state index in [0.29, 0.717) is 0 Å². The number of aryl methyl sites for hydroxylation is 2. The lowest BCUT2D eigenvalue weighted by molar-refractivity contribution is 0.199. The van der Waals surface area contributed by atoms with Gasteiger partial charge >= 0.3 is 0 Å². The zero-order chi connectivity index (χ0) is 11.0. The maximum absolute atomic E-state index is 9.53. The third-order valence-corrected chi connectivity index (χ3v) is 2.93. The average Bonchev–Trinajstić information content (AvgIpc) is 2.55. The van der Waals surface area contributed by atoms with Crippen LogP contribution in [0.1, 0.15) is 31.1 Å². The van der Waals surface area contributed by atoms with Crippen molar-refractivity contribution >= 4 is 10.9 Å². The molecule has 1 atom stereocenters. The summed E-state index contributed by atoms with van der Waals surface area (Å²) in [4.78, 5) is 0. The molecule has 1 aromatic heterocycles. The van der Waals surface area contributed by atoms with Gasteiger partial charge in [-0.25, -0.2) is 0 Å². The predicted molar refractivity (Wildman–Crippen MR) is 63.0 cm³/mol. The van der Waals surface area contributed by atoms with Gasteiger partial charge in [-0.3, -0.25) is 0 Å². The Morgan fingerprint density at radius 3 is 2.73 bits per heavy atom. The molecule has 0 radical (unpaired) electrons. The van der Waals surface area contributed by atoms with Crippen molar-refractivity contribution in [3.8, 4) is 0 Å². The van der Waals surface area contributed by atoms with Crippen molar-refractivity contribution in [1.82, 2.24) is 4.57 Å². The minimum atomic E-state index is -0.390. The number of rotatable bonds is 2. The molecule has 2 rings (SSSR count). The van der Waals surface area contributed by atoms with E-state index in [9.17, 15) is 5.11 Å². The predicted octanol–water partition coefficient (Wildman–Crippen LogP) is 3.02. The molecule has 0 bridgehead atoms. The Labute approximate surface area is 90.2 Å². The van der Waals surface area contributed by atoms with Crippen molar-refractivity contribution in [2.75, 3.05) is 0 Å². The van der Waals surface area contributed by atoms with Crippen molar-refractivity contribution in [2.45, 2.75) is 33.4 Å². The number of aliphatic hydroxyl groups excluding tert-OH is 1. The fourth-order valence-electron chi connectivity index (χ4n) is 2.01. The van der Waals surface area contributed by atoms with Gasteiger partial charge in [-0.2, -0.15) is 0 Å². The van der Waals surface area contributed by atoms with E-state index in [0.717, 1.165) is 12.1 Å². The van der Waals surface area contributed by atoms with Gasteiger partial charge in [-0.1, -0.05) is 6.07 Å². The molecule has 2 nitrogen and oxygen atoms in total. The van der Waals surface area contributed by atoms with Crippen LogP contribution in [0.25, 0.3) is 10.9 Å². The Balaban J connectivity index is 2.66. The minimum Gasteiger partial charge on any atom is -0.389 e. The van der Waals surface area contributed by atoms with Crippen LogP contribution in [0.15, 0.2) is 24.4 Å². The number of benzene rings is 1. The highest BCUT2D eigenvalue weighted by molar-refractivity contribution is 5.84. The summed E-state index contributed by atoms with van der Waals surface area (Å²) < 4.78 is 2.23. The third-order valence-electron chi connectivity index (χ3n) is 2.93. The quantitative estimate of drug-likeness (QED) is 0.797. The van der Waals surface area contributed by atoms with E-state index in [4.69, 9.17) is 0 Å². The number of aromatic nitrogens is 1. The standard InChI is InChI=1S/C13H17NO/c1-4-14-8-9(2)12-7-11(10(3)15)5-6-13(12)14/h5-8,10,15H,4H2,1-3H3. The van der Waals surface area contributed by atoms with Crippen molar-refractivity contribution in [2.24, 2.45) is 0 Å². The van der Waals surface area contributed by atoms with Gasteiger partial charge in [-0.05, 0) is 44.0 Å². The Morgan fingerprint density at radius 1 is 1.40 bits per heavy atom. The maximum Gasteiger partial charge on any atom is 0.0762 e. The number of nitrogens with zero attached hydrogens (tertiary/aromatic N) is 1. The Kier molecular flexibility index (Phi) is 2.53. The third kappa shape index (κ3) is 1.65. The molecular weight excluding hydrogens is 186 g/mol. The van der Waals surface area contributed by atoms with E-state index in [1.807, 2.05) is 6.07 Å². The topological polar surface area (TPSA) is 25.2 Å². The van der Waals surface area contributed by atoms with Crippen LogP contribution < -0.4 is 0 Å². The average molecular weight is 203 g/mol. The van der Waals surface area contributed by atoms with E-state index < -0.39 is 6.10 Å². The van der Waals surface area contributed by atoms with Gasteiger partial charge in [0.05, 0.1) is 6.10 Å². The second kappa shape index (κ2) is 3.70. The van der Waals surface area contributed by atoms with Crippen molar-refractivity contribution in [1.29, 1.82) is 0 Å². The van der Waals surface area contributed by atoms with E-state index >= 15 is 0 Å². The smallest absolute Gasteiger partial charge is 0.0762 e. The van der Waals surface area contributed by atoms with E-state index in [1.54, 1.807) is 6.92 Å². The normalized spacial score (nSPS) is 13.3. The molecule has 2 heteroatoms. The molecule has 1 aromatic carbocycles. The summed E-state index contributed by atoms with van der Waals surface area (Å²) in [5.41, 5.74) is 3.51. The Morgan fingerprint density at radius 2 is 2.13 bits per heavy atom. The molecule has 1 N–H and O–H groups in total. The summed E-state index contributed by atoms with van der Waals surface area (Å²) in [6.45, 7) is 7.04. The van der Waals surface area contributed by atoms with Crippen LogP contribution in [-0.2, 0) is 6.54 Å². The molecular formula is C13H17NO. The fourth-order valence-corrected chi connectivity index (χ4v) is 2.01. The van der Waals surface area contributed by atoms with Crippen LogP contribution in [0, 0.1) is 6.92 Å². The molecule has 0 aliphatic rings. The van der Waals surface area contributed by atoms with Gasteiger partial charge < -0.3 is 9.67 Å². The lowest BCUT2D eigenvalue weighted by Gasteiger charge is -2.06. The van der Waals surface area contributed by atoms with Crippen LogP contribution in [0.5, 0.6) is 0 Å². The Bertz CT molecular complexity index is 482.